The van der Waals surface area contributed by atoms with Gasteiger partial charge in [0.1, 0.15) is 10.7 Å². The summed E-state index contributed by atoms with van der Waals surface area (Å²) in [4.78, 5) is 20.8. The molecule has 5 nitrogen and oxygen atoms in total. The Hall–Kier alpha value is -2.02. The van der Waals surface area contributed by atoms with Crippen LogP contribution >= 0.6 is 11.3 Å². The topological polar surface area (TPSA) is 66.9 Å². The van der Waals surface area contributed by atoms with E-state index in [2.05, 4.69) is 20.6 Å². The fraction of sp³-hybridized carbons (Fsp3) is 0.357. The van der Waals surface area contributed by atoms with Crippen LogP contribution in [0.1, 0.15) is 41.2 Å². The summed E-state index contributed by atoms with van der Waals surface area (Å²) in [5, 5.41) is 6.73. The molecule has 0 aromatic carbocycles. The number of hydrogen-bond acceptors (Lipinski definition) is 5. The number of carbonyl (C=O) groups is 1. The lowest BCUT2D eigenvalue weighted by Gasteiger charge is -2.12. The molecule has 110 valence electrons. The SMILES string of the molecule is C[C@@H](NC(=O)c1cnc(NC2CC2)s1)c1ncccc1F. The Labute approximate surface area is 125 Å². The summed E-state index contributed by atoms with van der Waals surface area (Å²) >= 11 is 1.30. The summed E-state index contributed by atoms with van der Waals surface area (Å²) in [6, 6.07) is 2.84. The van der Waals surface area contributed by atoms with E-state index in [-0.39, 0.29) is 11.6 Å². The van der Waals surface area contributed by atoms with Crippen LogP contribution in [0.15, 0.2) is 24.5 Å². The molecule has 2 aromatic heterocycles. The van der Waals surface area contributed by atoms with Crippen molar-refractivity contribution in [1.29, 1.82) is 0 Å². The van der Waals surface area contributed by atoms with Gasteiger partial charge in [0.2, 0.25) is 0 Å². The zero-order valence-electron chi connectivity index (χ0n) is 11.5. The summed E-state index contributed by atoms with van der Waals surface area (Å²) in [5.74, 6) is -0.695. The Bertz CT molecular complexity index is 656. The molecule has 0 unspecified atom stereocenters. The number of nitrogens with one attached hydrogen (secondary N) is 2. The van der Waals surface area contributed by atoms with E-state index >= 15 is 0 Å². The molecule has 1 amide bonds. The number of anilines is 1. The molecule has 0 aliphatic heterocycles. The maximum Gasteiger partial charge on any atom is 0.263 e. The van der Waals surface area contributed by atoms with Crippen LogP contribution in [0.5, 0.6) is 0 Å². The van der Waals surface area contributed by atoms with Gasteiger partial charge in [0.05, 0.1) is 17.9 Å². The van der Waals surface area contributed by atoms with Crippen LogP contribution in [-0.4, -0.2) is 21.9 Å². The Morgan fingerprint density at radius 3 is 3.00 bits per heavy atom. The van der Waals surface area contributed by atoms with Crippen LogP contribution in [0, 0.1) is 5.82 Å². The van der Waals surface area contributed by atoms with Crippen LogP contribution in [0.3, 0.4) is 0 Å². The van der Waals surface area contributed by atoms with Crippen LogP contribution in [0.4, 0.5) is 9.52 Å². The maximum absolute atomic E-state index is 13.6. The molecule has 0 bridgehead atoms. The normalized spacial score (nSPS) is 15.5. The van der Waals surface area contributed by atoms with Crippen molar-refractivity contribution in [2.24, 2.45) is 0 Å². The molecule has 1 aliphatic carbocycles. The second-order valence-electron chi connectivity index (χ2n) is 5.01. The highest BCUT2D eigenvalue weighted by Gasteiger charge is 2.23. The summed E-state index contributed by atoms with van der Waals surface area (Å²) in [5.41, 5.74) is 0.228. The van der Waals surface area contributed by atoms with Gasteiger partial charge in [0.15, 0.2) is 5.13 Å². The van der Waals surface area contributed by atoms with Gasteiger partial charge >= 0.3 is 0 Å². The van der Waals surface area contributed by atoms with Crippen molar-refractivity contribution in [3.05, 3.63) is 40.9 Å². The standard InChI is InChI=1S/C14H15FN4OS/c1-8(12-10(15)3-2-6-16-12)18-13(20)11-7-17-14(21-11)19-9-4-5-9/h2-3,6-9H,4-5H2,1H3,(H,17,19)(H,18,20)/t8-/m1/s1. The highest BCUT2D eigenvalue weighted by Crippen LogP contribution is 2.27. The number of rotatable bonds is 5. The van der Waals surface area contributed by atoms with Gasteiger partial charge in [0.25, 0.3) is 5.91 Å². The van der Waals surface area contributed by atoms with E-state index in [0.717, 1.165) is 18.0 Å². The predicted octanol–water partition coefficient (Wildman–Crippen LogP) is 2.74. The van der Waals surface area contributed by atoms with Crippen LogP contribution in [-0.2, 0) is 0 Å². The average Bonchev–Trinajstić information content (AvgIpc) is 3.14. The Morgan fingerprint density at radius 2 is 2.29 bits per heavy atom. The maximum atomic E-state index is 13.6. The van der Waals surface area contributed by atoms with Crippen molar-refractivity contribution >= 4 is 22.4 Å². The quantitative estimate of drug-likeness (QED) is 0.891. The number of pyridine rings is 1. The van der Waals surface area contributed by atoms with Crippen LogP contribution < -0.4 is 10.6 Å². The van der Waals surface area contributed by atoms with Crippen molar-refractivity contribution in [3.63, 3.8) is 0 Å². The molecule has 1 aliphatic rings. The van der Waals surface area contributed by atoms with Gasteiger partial charge in [-0.2, -0.15) is 0 Å². The van der Waals surface area contributed by atoms with Gasteiger partial charge in [-0.25, -0.2) is 9.37 Å². The second-order valence-corrected chi connectivity index (χ2v) is 6.04. The average molecular weight is 306 g/mol. The number of hydrogen-bond donors (Lipinski definition) is 2. The molecule has 2 aromatic rings. The number of nitrogens with zero attached hydrogens (tertiary/aromatic N) is 2. The Balaban J connectivity index is 1.65. The highest BCUT2D eigenvalue weighted by atomic mass is 32.1. The van der Waals surface area contributed by atoms with Gasteiger partial charge in [-0.15, -0.1) is 0 Å². The fourth-order valence-corrected chi connectivity index (χ4v) is 2.70. The molecule has 21 heavy (non-hydrogen) atoms. The van der Waals surface area contributed by atoms with E-state index in [1.54, 1.807) is 6.92 Å². The van der Waals surface area contributed by atoms with E-state index in [0.29, 0.717) is 10.9 Å². The predicted molar refractivity (Wildman–Crippen MR) is 78.8 cm³/mol. The van der Waals surface area contributed by atoms with Gasteiger partial charge in [-0.3, -0.25) is 9.78 Å². The lowest BCUT2D eigenvalue weighted by molar-refractivity contribution is 0.0942. The molecular weight excluding hydrogens is 291 g/mol. The largest absolute Gasteiger partial charge is 0.359 e. The number of carbonyl (C=O) groups excluding carboxylic acids is 1. The van der Waals surface area contributed by atoms with E-state index in [1.807, 2.05) is 0 Å². The van der Waals surface area contributed by atoms with Crippen molar-refractivity contribution in [2.75, 3.05) is 5.32 Å². The molecule has 0 radical (unpaired) electrons. The molecule has 0 spiro atoms. The fourth-order valence-electron chi connectivity index (χ4n) is 1.90. The van der Waals surface area contributed by atoms with Crippen molar-refractivity contribution < 1.29 is 9.18 Å². The first-order valence-corrected chi connectivity index (χ1v) is 7.59. The molecular formula is C14H15FN4OS. The highest BCUT2D eigenvalue weighted by molar-refractivity contribution is 7.17. The molecule has 0 saturated heterocycles. The van der Waals surface area contributed by atoms with Gasteiger partial charge in [0, 0.05) is 12.2 Å². The number of thiazole rings is 1. The number of aromatic nitrogens is 2. The second kappa shape index (κ2) is 5.77. The summed E-state index contributed by atoms with van der Waals surface area (Å²) in [6.45, 7) is 1.70. The summed E-state index contributed by atoms with van der Waals surface area (Å²) in [6.07, 6.45) is 5.34. The molecule has 3 rings (SSSR count). The zero-order chi connectivity index (χ0) is 14.8. The smallest absolute Gasteiger partial charge is 0.263 e. The van der Waals surface area contributed by atoms with Crippen LogP contribution in [0.25, 0.3) is 0 Å². The zero-order valence-corrected chi connectivity index (χ0v) is 12.3. The first-order chi connectivity index (χ1) is 10.1. The van der Waals surface area contributed by atoms with Crippen LogP contribution in [0.2, 0.25) is 0 Å². The minimum absolute atomic E-state index is 0.228. The molecule has 1 atom stereocenters. The molecule has 2 heterocycles. The minimum atomic E-state index is -0.499. The number of halogens is 1. The third kappa shape index (κ3) is 3.36. The van der Waals surface area contributed by atoms with Gasteiger partial charge in [-0.05, 0) is 31.9 Å². The lowest BCUT2D eigenvalue weighted by atomic mass is 10.2. The first-order valence-electron chi connectivity index (χ1n) is 6.77. The molecule has 1 fully saturated rings. The summed E-state index contributed by atoms with van der Waals surface area (Å²) < 4.78 is 13.6. The number of amides is 1. The van der Waals surface area contributed by atoms with E-state index in [9.17, 15) is 9.18 Å². The van der Waals surface area contributed by atoms with Crippen molar-refractivity contribution in [2.45, 2.75) is 31.8 Å². The van der Waals surface area contributed by atoms with E-state index < -0.39 is 11.9 Å². The van der Waals surface area contributed by atoms with E-state index in [1.165, 1.54) is 35.9 Å². The summed E-state index contributed by atoms with van der Waals surface area (Å²) in [7, 11) is 0. The monoisotopic (exact) mass is 306 g/mol. The Morgan fingerprint density at radius 1 is 1.48 bits per heavy atom. The van der Waals surface area contributed by atoms with Gasteiger partial charge in [-0.1, -0.05) is 11.3 Å². The lowest BCUT2D eigenvalue weighted by Crippen LogP contribution is -2.27. The van der Waals surface area contributed by atoms with Crippen molar-refractivity contribution in [3.8, 4) is 0 Å². The van der Waals surface area contributed by atoms with E-state index in [4.69, 9.17) is 0 Å². The molecule has 2 N–H and O–H groups in total. The van der Waals surface area contributed by atoms with Crippen molar-refractivity contribution in [1.82, 2.24) is 15.3 Å². The Kier molecular flexibility index (Phi) is 3.83. The molecule has 7 heteroatoms. The molecule has 1 saturated carbocycles. The third-order valence-electron chi connectivity index (χ3n) is 3.18. The third-order valence-corrected chi connectivity index (χ3v) is 4.11. The minimum Gasteiger partial charge on any atom is -0.359 e. The van der Waals surface area contributed by atoms with Gasteiger partial charge < -0.3 is 10.6 Å². The first kappa shape index (κ1) is 13.9.